The van der Waals surface area contributed by atoms with Crippen molar-refractivity contribution in [2.75, 3.05) is 11.9 Å². The molecule has 19 heavy (non-hydrogen) atoms. The maximum Gasteiger partial charge on any atom is 0.224 e. The molecule has 0 unspecified atom stereocenters. The first-order valence-corrected chi connectivity index (χ1v) is 6.35. The van der Waals surface area contributed by atoms with Crippen molar-refractivity contribution in [3.05, 3.63) is 23.8 Å². The fraction of sp³-hybridized carbons (Fsp3) is 0.462. The first kappa shape index (κ1) is 13.3. The third kappa shape index (κ3) is 3.01. The molecule has 2 heterocycles. The van der Waals surface area contributed by atoms with Crippen LogP contribution in [-0.2, 0) is 7.05 Å². The van der Waals surface area contributed by atoms with E-state index in [2.05, 4.69) is 27.3 Å². The minimum absolute atomic E-state index is 0.521. The van der Waals surface area contributed by atoms with Gasteiger partial charge in [-0.1, -0.05) is 6.92 Å². The molecule has 2 aromatic heterocycles. The Morgan fingerprint density at radius 1 is 1.32 bits per heavy atom. The van der Waals surface area contributed by atoms with Crippen LogP contribution in [0, 0.1) is 13.8 Å². The highest BCUT2D eigenvalue weighted by molar-refractivity contribution is 5.40. The third-order valence-electron chi connectivity index (χ3n) is 2.85. The highest BCUT2D eigenvalue weighted by atomic mass is 16.5. The molecule has 2 aromatic rings. The first-order valence-electron chi connectivity index (χ1n) is 6.35. The number of hydrogen-bond acceptors (Lipinski definition) is 5. The maximum absolute atomic E-state index is 5.81. The van der Waals surface area contributed by atoms with E-state index in [1.165, 1.54) is 6.33 Å². The molecule has 0 aliphatic carbocycles. The summed E-state index contributed by atoms with van der Waals surface area (Å²) in [5, 5.41) is 7.51. The molecule has 0 fully saturated rings. The highest BCUT2D eigenvalue weighted by Gasteiger charge is 2.12. The van der Waals surface area contributed by atoms with Gasteiger partial charge in [-0.15, -0.1) is 0 Å². The van der Waals surface area contributed by atoms with Gasteiger partial charge >= 0.3 is 0 Å². The van der Waals surface area contributed by atoms with Crippen molar-refractivity contribution in [3.63, 3.8) is 0 Å². The van der Waals surface area contributed by atoms with Gasteiger partial charge in [0.1, 0.15) is 17.8 Å². The molecule has 0 radical (unpaired) electrons. The van der Waals surface area contributed by atoms with Gasteiger partial charge in [-0.05, 0) is 20.3 Å². The zero-order valence-corrected chi connectivity index (χ0v) is 11.8. The van der Waals surface area contributed by atoms with Crippen molar-refractivity contribution in [2.24, 2.45) is 7.05 Å². The van der Waals surface area contributed by atoms with Crippen molar-refractivity contribution < 1.29 is 4.74 Å². The van der Waals surface area contributed by atoms with Crippen molar-refractivity contribution in [2.45, 2.75) is 27.2 Å². The van der Waals surface area contributed by atoms with Crippen molar-refractivity contribution in [1.82, 2.24) is 19.7 Å². The van der Waals surface area contributed by atoms with E-state index in [1.807, 2.05) is 20.9 Å². The second-order valence-corrected chi connectivity index (χ2v) is 4.39. The van der Waals surface area contributed by atoms with Crippen LogP contribution in [-0.4, -0.2) is 26.3 Å². The standard InChI is InChI=1S/C13H19N5O/c1-5-6-14-11-7-12(16-8-15-11)19-13-9(2)17-18(4)10(13)3/h7-8H,5-6H2,1-4H3,(H,14,15,16). The van der Waals surface area contributed by atoms with Crippen molar-refractivity contribution in [1.29, 1.82) is 0 Å². The second kappa shape index (κ2) is 5.69. The largest absolute Gasteiger partial charge is 0.435 e. The molecule has 0 saturated carbocycles. The molecule has 6 nitrogen and oxygen atoms in total. The van der Waals surface area contributed by atoms with Gasteiger partial charge in [-0.2, -0.15) is 5.10 Å². The molecule has 0 spiro atoms. The molecule has 1 N–H and O–H groups in total. The van der Waals surface area contributed by atoms with Gasteiger partial charge in [0.15, 0.2) is 5.75 Å². The number of rotatable bonds is 5. The third-order valence-corrected chi connectivity index (χ3v) is 2.85. The molecular formula is C13H19N5O. The molecule has 0 saturated heterocycles. The smallest absolute Gasteiger partial charge is 0.224 e. The van der Waals surface area contributed by atoms with Crippen LogP contribution in [0.3, 0.4) is 0 Å². The summed E-state index contributed by atoms with van der Waals surface area (Å²) in [6.07, 6.45) is 2.54. The van der Waals surface area contributed by atoms with Gasteiger partial charge in [-0.3, -0.25) is 4.68 Å². The van der Waals surface area contributed by atoms with Crippen LogP contribution in [0.5, 0.6) is 11.6 Å². The van der Waals surface area contributed by atoms with Gasteiger partial charge < -0.3 is 10.1 Å². The lowest BCUT2D eigenvalue weighted by molar-refractivity contribution is 0.454. The summed E-state index contributed by atoms with van der Waals surface area (Å²) in [5.74, 6) is 2.04. The van der Waals surface area contributed by atoms with Crippen LogP contribution in [0.2, 0.25) is 0 Å². The molecule has 0 aliphatic rings. The minimum Gasteiger partial charge on any atom is -0.435 e. The van der Waals surface area contributed by atoms with Gasteiger partial charge in [0, 0.05) is 19.7 Å². The summed E-state index contributed by atoms with van der Waals surface area (Å²) in [6.45, 7) is 6.86. The Kier molecular flexibility index (Phi) is 3.99. The van der Waals surface area contributed by atoms with Crippen LogP contribution in [0.25, 0.3) is 0 Å². The summed E-state index contributed by atoms with van der Waals surface area (Å²) in [7, 11) is 1.89. The highest BCUT2D eigenvalue weighted by Crippen LogP contribution is 2.27. The fourth-order valence-electron chi connectivity index (χ4n) is 1.75. The molecule has 0 aliphatic heterocycles. The maximum atomic E-state index is 5.81. The van der Waals surface area contributed by atoms with Crippen molar-refractivity contribution >= 4 is 5.82 Å². The average molecular weight is 261 g/mol. The minimum atomic E-state index is 0.521. The molecule has 0 aromatic carbocycles. The number of nitrogens with one attached hydrogen (secondary N) is 1. The fourth-order valence-corrected chi connectivity index (χ4v) is 1.75. The van der Waals surface area contributed by atoms with Crippen molar-refractivity contribution in [3.8, 4) is 11.6 Å². The van der Waals surface area contributed by atoms with Crippen LogP contribution >= 0.6 is 0 Å². The second-order valence-electron chi connectivity index (χ2n) is 4.39. The van der Waals surface area contributed by atoms with E-state index >= 15 is 0 Å². The summed E-state index contributed by atoms with van der Waals surface area (Å²) < 4.78 is 7.60. The average Bonchev–Trinajstić information content (AvgIpc) is 2.64. The molecule has 0 amide bonds. The summed E-state index contributed by atoms with van der Waals surface area (Å²) in [5.41, 5.74) is 1.82. The SMILES string of the molecule is CCCNc1cc(Oc2c(C)nn(C)c2C)ncn1. The van der Waals surface area contributed by atoms with E-state index in [0.717, 1.165) is 35.9 Å². The normalized spacial score (nSPS) is 10.5. The number of ether oxygens (including phenoxy) is 1. The quantitative estimate of drug-likeness (QED) is 0.895. The van der Waals surface area contributed by atoms with Gasteiger partial charge in [0.05, 0.1) is 5.69 Å². The molecule has 0 bridgehead atoms. The Bertz CT molecular complexity index is 564. The monoisotopic (exact) mass is 261 g/mol. The number of aromatic nitrogens is 4. The van der Waals surface area contributed by atoms with Gasteiger partial charge in [0.2, 0.25) is 5.88 Å². The topological polar surface area (TPSA) is 64.9 Å². The first-order chi connectivity index (χ1) is 9.11. The van der Waals surface area contributed by atoms with Crippen LogP contribution in [0.4, 0.5) is 5.82 Å². The number of hydrogen-bond donors (Lipinski definition) is 1. The van der Waals surface area contributed by atoms with E-state index in [4.69, 9.17) is 4.74 Å². The van der Waals surface area contributed by atoms with E-state index in [0.29, 0.717) is 5.88 Å². The molecule has 6 heteroatoms. The Labute approximate surface area is 112 Å². The predicted octanol–water partition coefficient (Wildman–Crippen LogP) is 2.44. The Morgan fingerprint density at radius 2 is 2.11 bits per heavy atom. The van der Waals surface area contributed by atoms with Crippen LogP contribution in [0.15, 0.2) is 12.4 Å². The predicted molar refractivity (Wildman–Crippen MR) is 73.6 cm³/mol. The van der Waals surface area contributed by atoms with Gasteiger partial charge in [0.25, 0.3) is 0 Å². The summed E-state index contributed by atoms with van der Waals surface area (Å²) in [4.78, 5) is 8.27. The molecule has 102 valence electrons. The number of aryl methyl sites for hydroxylation is 2. The zero-order chi connectivity index (χ0) is 13.8. The number of anilines is 1. The summed E-state index contributed by atoms with van der Waals surface area (Å²) >= 11 is 0. The molecule has 0 atom stereocenters. The van der Waals surface area contributed by atoms with E-state index in [1.54, 1.807) is 10.7 Å². The Hall–Kier alpha value is -2.11. The lowest BCUT2D eigenvalue weighted by atomic mass is 10.3. The van der Waals surface area contributed by atoms with E-state index in [-0.39, 0.29) is 0 Å². The molecular weight excluding hydrogens is 242 g/mol. The van der Waals surface area contributed by atoms with Crippen LogP contribution < -0.4 is 10.1 Å². The summed E-state index contributed by atoms with van der Waals surface area (Å²) in [6, 6.07) is 1.79. The molecule has 2 rings (SSSR count). The number of nitrogens with zero attached hydrogens (tertiary/aromatic N) is 4. The van der Waals surface area contributed by atoms with E-state index < -0.39 is 0 Å². The van der Waals surface area contributed by atoms with Gasteiger partial charge in [-0.25, -0.2) is 9.97 Å². The zero-order valence-electron chi connectivity index (χ0n) is 11.8. The Morgan fingerprint density at radius 3 is 2.74 bits per heavy atom. The van der Waals surface area contributed by atoms with E-state index in [9.17, 15) is 0 Å². The Balaban J connectivity index is 2.18. The van der Waals surface area contributed by atoms with Crippen LogP contribution in [0.1, 0.15) is 24.7 Å². The lowest BCUT2D eigenvalue weighted by Gasteiger charge is -2.07. The lowest BCUT2D eigenvalue weighted by Crippen LogP contribution is -2.02.